The van der Waals surface area contributed by atoms with Crippen LogP contribution in [-0.4, -0.2) is 25.5 Å². The summed E-state index contributed by atoms with van der Waals surface area (Å²) in [4.78, 5) is 24.6. The van der Waals surface area contributed by atoms with Crippen LogP contribution in [0.25, 0.3) is 0 Å². The van der Waals surface area contributed by atoms with Gasteiger partial charge in [-0.3, -0.25) is 15.0 Å². The molecule has 31 heavy (non-hydrogen) atoms. The van der Waals surface area contributed by atoms with Crippen molar-refractivity contribution >= 4 is 29.1 Å². The first-order valence-corrected chi connectivity index (χ1v) is 10.0. The Bertz CT molecular complexity index is 1040. The van der Waals surface area contributed by atoms with E-state index in [2.05, 4.69) is 10.7 Å². The molecular weight excluding hydrogens is 416 g/mol. The van der Waals surface area contributed by atoms with Gasteiger partial charge in [0.05, 0.1) is 12.8 Å². The number of methoxy groups -OCH3 is 1. The van der Waals surface area contributed by atoms with Crippen LogP contribution in [0.1, 0.15) is 27.5 Å². The van der Waals surface area contributed by atoms with Crippen molar-refractivity contribution < 1.29 is 19.6 Å². The number of ether oxygens (including phenoxy) is 1. The zero-order valence-electron chi connectivity index (χ0n) is 17.0. The van der Waals surface area contributed by atoms with E-state index in [1.165, 1.54) is 0 Å². The van der Waals surface area contributed by atoms with Gasteiger partial charge in [0, 0.05) is 21.7 Å². The van der Waals surface area contributed by atoms with Gasteiger partial charge in [-0.2, -0.15) is 0 Å². The van der Waals surface area contributed by atoms with E-state index >= 15 is 0 Å². The summed E-state index contributed by atoms with van der Waals surface area (Å²) in [6, 6.07) is 21.5. The van der Waals surface area contributed by atoms with Crippen LogP contribution in [0.2, 0.25) is 5.02 Å². The second kappa shape index (κ2) is 10.6. The maximum absolute atomic E-state index is 12.8. The van der Waals surface area contributed by atoms with Gasteiger partial charge in [-0.25, -0.2) is 5.84 Å². The second-order valence-corrected chi connectivity index (χ2v) is 7.25. The van der Waals surface area contributed by atoms with E-state index in [1.807, 2.05) is 35.6 Å². The highest BCUT2D eigenvalue weighted by Gasteiger charge is 2.23. The molecule has 0 radical (unpaired) electrons. The molecule has 3 aromatic rings. The quantitative estimate of drug-likeness (QED) is 0.245. The molecule has 0 heterocycles. The highest BCUT2D eigenvalue weighted by atomic mass is 35.5. The number of rotatable bonds is 8. The van der Waals surface area contributed by atoms with Crippen LogP contribution in [0.15, 0.2) is 72.8 Å². The van der Waals surface area contributed by atoms with E-state index in [4.69, 9.17) is 22.2 Å². The summed E-state index contributed by atoms with van der Waals surface area (Å²) in [5.41, 5.74) is 4.95. The van der Waals surface area contributed by atoms with Gasteiger partial charge in [0.15, 0.2) is 6.54 Å². The van der Waals surface area contributed by atoms with Crippen molar-refractivity contribution in [2.45, 2.75) is 6.04 Å². The number of quaternary nitrogens is 1. The molecule has 0 aliphatic heterocycles. The van der Waals surface area contributed by atoms with Gasteiger partial charge in [0.2, 0.25) is 0 Å². The van der Waals surface area contributed by atoms with Crippen molar-refractivity contribution in [1.29, 1.82) is 0 Å². The lowest BCUT2D eigenvalue weighted by atomic mass is 9.96. The first-order valence-electron chi connectivity index (χ1n) is 9.64. The SMILES string of the molecule is COc1ccc(C(=O)Nc2ccc(Cl)cc2[C@@H]([NH2+]CC(=O)NN)c2ccccc2)cc1. The van der Waals surface area contributed by atoms with Crippen LogP contribution in [0.5, 0.6) is 5.75 Å². The van der Waals surface area contributed by atoms with Gasteiger partial charge >= 0.3 is 0 Å². The minimum absolute atomic E-state index is 0.106. The van der Waals surface area contributed by atoms with Gasteiger partial charge in [0.1, 0.15) is 11.8 Å². The predicted molar refractivity (Wildman–Crippen MR) is 120 cm³/mol. The molecule has 0 saturated heterocycles. The fourth-order valence-electron chi connectivity index (χ4n) is 3.23. The van der Waals surface area contributed by atoms with E-state index in [0.717, 1.165) is 11.1 Å². The lowest BCUT2D eigenvalue weighted by Gasteiger charge is -2.20. The summed E-state index contributed by atoms with van der Waals surface area (Å²) in [7, 11) is 1.57. The van der Waals surface area contributed by atoms with Gasteiger partial charge < -0.3 is 15.4 Å². The van der Waals surface area contributed by atoms with Crippen LogP contribution in [0.3, 0.4) is 0 Å². The third kappa shape index (κ3) is 5.82. The van der Waals surface area contributed by atoms with Gasteiger partial charge in [-0.15, -0.1) is 0 Å². The number of hydrogen-bond acceptors (Lipinski definition) is 4. The zero-order chi connectivity index (χ0) is 22.2. The molecule has 0 bridgehead atoms. The Morgan fingerprint density at radius 1 is 1.06 bits per heavy atom. The van der Waals surface area contributed by atoms with Crippen LogP contribution in [0, 0.1) is 0 Å². The molecule has 0 unspecified atom stereocenters. The largest absolute Gasteiger partial charge is 0.497 e. The smallest absolute Gasteiger partial charge is 0.288 e. The molecule has 0 saturated carbocycles. The van der Waals surface area contributed by atoms with Crippen molar-refractivity contribution in [2.24, 2.45) is 5.84 Å². The standard InChI is InChI=1S/C23H23ClN4O3/c1-31-18-10-7-16(8-11-18)23(30)27-20-12-9-17(24)13-19(20)22(26-14-21(29)28-25)15-5-3-2-4-6-15/h2-13,22,26H,14,25H2,1H3,(H,27,30)(H,28,29)/p+1/t22-/m0/s1. The fraction of sp³-hybridized carbons (Fsp3) is 0.130. The molecule has 8 heteroatoms. The average molecular weight is 440 g/mol. The van der Waals surface area contributed by atoms with Gasteiger partial charge in [-0.1, -0.05) is 41.9 Å². The van der Waals surface area contributed by atoms with Gasteiger partial charge in [0.25, 0.3) is 11.8 Å². The Balaban J connectivity index is 1.94. The maximum Gasteiger partial charge on any atom is 0.288 e. The van der Waals surface area contributed by atoms with E-state index in [-0.39, 0.29) is 24.4 Å². The van der Waals surface area contributed by atoms with Crippen LogP contribution < -0.4 is 26.6 Å². The molecule has 0 aromatic heterocycles. The Hall–Kier alpha value is -3.39. The first kappa shape index (κ1) is 22.3. The monoisotopic (exact) mass is 439 g/mol. The number of carbonyl (C=O) groups is 2. The lowest BCUT2D eigenvalue weighted by Crippen LogP contribution is -2.88. The highest BCUT2D eigenvalue weighted by molar-refractivity contribution is 6.30. The maximum atomic E-state index is 12.8. The number of nitrogens with two attached hydrogens (primary N) is 2. The zero-order valence-corrected chi connectivity index (χ0v) is 17.7. The minimum Gasteiger partial charge on any atom is -0.497 e. The minimum atomic E-state index is -0.313. The molecule has 0 aliphatic carbocycles. The number of amides is 2. The van der Waals surface area contributed by atoms with Crippen molar-refractivity contribution in [3.63, 3.8) is 0 Å². The molecule has 6 N–H and O–H groups in total. The molecular formula is C23H24ClN4O3+. The Labute approximate surface area is 185 Å². The molecule has 2 amide bonds. The Morgan fingerprint density at radius 2 is 1.77 bits per heavy atom. The first-order chi connectivity index (χ1) is 15.0. The van der Waals surface area contributed by atoms with E-state index in [9.17, 15) is 9.59 Å². The van der Waals surface area contributed by atoms with Gasteiger partial charge in [-0.05, 0) is 42.5 Å². The number of nitrogens with one attached hydrogen (secondary N) is 2. The summed E-state index contributed by atoms with van der Waals surface area (Å²) < 4.78 is 5.14. The van der Waals surface area contributed by atoms with Crippen molar-refractivity contribution in [3.05, 3.63) is 94.5 Å². The second-order valence-electron chi connectivity index (χ2n) is 6.81. The van der Waals surface area contributed by atoms with Crippen LogP contribution in [-0.2, 0) is 4.79 Å². The number of hydrazine groups is 1. The summed E-state index contributed by atoms with van der Waals surface area (Å²) >= 11 is 6.29. The summed E-state index contributed by atoms with van der Waals surface area (Å²) in [6.45, 7) is 0.106. The summed E-state index contributed by atoms with van der Waals surface area (Å²) in [5, 5.41) is 5.32. The number of halogens is 1. The highest BCUT2D eigenvalue weighted by Crippen LogP contribution is 2.29. The molecule has 7 nitrogen and oxygen atoms in total. The molecule has 3 aromatic carbocycles. The summed E-state index contributed by atoms with van der Waals surface area (Å²) in [6.07, 6.45) is 0. The molecule has 0 fully saturated rings. The molecule has 160 valence electrons. The van der Waals surface area contributed by atoms with E-state index < -0.39 is 0 Å². The summed E-state index contributed by atoms with van der Waals surface area (Å²) in [5.74, 6) is 5.32. The Morgan fingerprint density at radius 3 is 2.42 bits per heavy atom. The Kier molecular flexibility index (Phi) is 7.61. The normalized spacial score (nSPS) is 11.5. The van der Waals surface area contributed by atoms with Crippen LogP contribution in [0.4, 0.5) is 5.69 Å². The number of carbonyl (C=O) groups excluding carboxylic acids is 2. The number of hydrogen-bond donors (Lipinski definition) is 4. The van der Waals surface area contributed by atoms with Crippen molar-refractivity contribution in [3.8, 4) is 5.75 Å². The lowest BCUT2D eigenvalue weighted by molar-refractivity contribution is -0.676. The molecule has 1 atom stereocenters. The van der Waals surface area contributed by atoms with Crippen molar-refractivity contribution in [1.82, 2.24) is 5.43 Å². The van der Waals surface area contributed by atoms with E-state index in [1.54, 1.807) is 49.6 Å². The van der Waals surface area contributed by atoms with E-state index in [0.29, 0.717) is 22.0 Å². The predicted octanol–water partition coefficient (Wildman–Crippen LogP) is 2.24. The molecule has 0 spiro atoms. The molecule has 0 aliphatic rings. The average Bonchev–Trinajstić information content (AvgIpc) is 2.81. The topological polar surface area (TPSA) is 110 Å². The molecule has 3 rings (SSSR count). The third-order valence-electron chi connectivity index (χ3n) is 4.81. The number of anilines is 1. The van der Waals surface area contributed by atoms with Crippen LogP contribution >= 0.6 is 11.6 Å². The fourth-order valence-corrected chi connectivity index (χ4v) is 3.41. The third-order valence-corrected chi connectivity index (χ3v) is 5.04. The van der Waals surface area contributed by atoms with Crippen molar-refractivity contribution in [2.75, 3.05) is 19.0 Å². The number of benzene rings is 3.